The zero-order valence-corrected chi connectivity index (χ0v) is 17.0. The first-order valence-corrected chi connectivity index (χ1v) is 11.3. The van der Waals surface area contributed by atoms with Gasteiger partial charge in [-0.3, -0.25) is 0 Å². The number of benzene rings is 2. The fourth-order valence-corrected chi connectivity index (χ4v) is 5.87. The van der Waals surface area contributed by atoms with E-state index in [0.717, 1.165) is 55.8 Å². The molecule has 158 valence electrons. The predicted molar refractivity (Wildman–Crippen MR) is 109 cm³/mol. The van der Waals surface area contributed by atoms with E-state index in [0.29, 0.717) is 17.5 Å². The number of ether oxygens (including phenoxy) is 1. The molecule has 30 heavy (non-hydrogen) atoms. The molecule has 1 atom stereocenters. The molecule has 3 aliphatic heterocycles. The lowest BCUT2D eigenvalue weighted by Gasteiger charge is -2.55. The third-order valence-electron chi connectivity index (χ3n) is 6.45. The van der Waals surface area contributed by atoms with Gasteiger partial charge in [0, 0.05) is 12.6 Å². The van der Waals surface area contributed by atoms with Gasteiger partial charge in [0.1, 0.15) is 28.3 Å². The fourth-order valence-electron chi connectivity index (χ4n) is 4.96. The molecule has 1 aliphatic carbocycles. The maximum Gasteiger partial charge on any atom is 0.416 e. The van der Waals surface area contributed by atoms with Crippen molar-refractivity contribution in [1.29, 1.82) is 0 Å². The summed E-state index contributed by atoms with van der Waals surface area (Å²) < 4.78 is 61.1. The predicted octanol–water partition coefficient (Wildman–Crippen LogP) is 5.07. The van der Waals surface area contributed by atoms with Crippen LogP contribution in [0.4, 0.5) is 13.2 Å². The molecule has 1 unspecified atom stereocenters. The first-order chi connectivity index (χ1) is 14.3. The molecule has 2 aromatic carbocycles. The van der Waals surface area contributed by atoms with Crippen molar-refractivity contribution in [1.82, 2.24) is 4.90 Å². The van der Waals surface area contributed by atoms with Gasteiger partial charge in [-0.2, -0.15) is 17.6 Å². The Kier molecular flexibility index (Phi) is 4.65. The van der Waals surface area contributed by atoms with E-state index in [4.69, 9.17) is 4.74 Å². The number of hydrogen-bond acceptors (Lipinski definition) is 3. The largest absolute Gasteiger partial charge is 0.457 e. The SMILES string of the molecule is O=S1CCN2C(=N1)C1(c3ccc(Oc4cccc(C(F)(F)F)c4)cc3)CCC2CC1. The molecule has 2 aromatic rings. The number of nitrogens with zero attached hydrogens (tertiary/aromatic N) is 2. The Bertz CT molecular complexity index is 1010. The van der Waals surface area contributed by atoms with E-state index in [9.17, 15) is 17.4 Å². The molecule has 1 saturated carbocycles. The monoisotopic (exact) mass is 434 g/mol. The van der Waals surface area contributed by atoms with E-state index in [1.807, 2.05) is 12.1 Å². The summed E-state index contributed by atoms with van der Waals surface area (Å²) >= 11 is 0. The van der Waals surface area contributed by atoms with Crippen LogP contribution in [0, 0.1) is 0 Å². The van der Waals surface area contributed by atoms with Crippen molar-refractivity contribution in [2.45, 2.75) is 43.3 Å². The van der Waals surface area contributed by atoms with Crippen molar-refractivity contribution >= 4 is 16.8 Å². The van der Waals surface area contributed by atoms with Crippen molar-refractivity contribution in [3.63, 3.8) is 0 Å². The molecule has 0 N–H and O–H groups in total. The average molecular weight is 434 g/mol. The lowest BCUT2D eigenvalue weighted by atomic mass is 9.63. The summed E-state index contributed by atoms with van der Waals surface area (Å²) in [6.45, 7) is 0.786. The number of hydrogen-bond donors (Lipinski definition) is 0. The standard InChI is InChI=1S/C22H21F3N2O2S/c23-22(24,25)16-2-1-3-19(14-16)29-18-6-4-15(5-7-18)21-10-8-17(9-11-21)27-12-13-30(28)26-20(21)27/h1-7,14,17H,8-13H2. The van der Waals surface area contributed by atoms with Crippen LogP contribution in [0.25, 0.3) is 0 Å². The van der Waals surface area contributed by atoms with Crippen LogP contribution < -0.4 is 4.74 Å². The maximum atomic E-state index is 12.9. The molecule has 4 aliphatic rings. The molecular weight excluding hydrogens is 413 g/mol. The smallest absolute Gasteiger partial charge is 0.416 e. The molecule has 8 heteroatoms. The molecule has 2 bridgehead atoms. The second kappa shape index (κ2) is 7.11. The minimum absolute atomic E-state index is 0.146. The highest BCUT2D eigenvalue weighted by atomic mass is 32.2. The average Bonchev–Trinajstić information content (AvgIpc) is 2.74. The minimum atomic E-state index is -4.41. The number of rotatable bonds is 3. The Morgan fingerprint density at radius 2 is 1.80 bits per heavy atom. The van der Waals surface area contributed by atoms with E-state index in [1.165, 1.54) is 12.1 Å². The Hall–Kier alpha value is -2.35. The van der Waals surface area contributed by atoms with Gasteiger partial charge in [0.15, 0.2) is 0 Å². The Morgan fingerprint density at radius 3 is 2.50 bits per heavy atom. The van der Waals surface area contributed by atoms with E-state index < -0.39 is 22.7 Å². The first kappa shape index (κ1) is 19.6. The third-order valence-corrected chi connectivity index (χ3v) is 7.36. The van der Waals surface area contributed by atoms with Crippen molar-refractivity contribution in [3.8, 4) is 11.5 Å². The molecule has 0 spiro atoms. The van der Waals surface area contributed by atoms with Gasteiger partial charge in [0.05, 0.1) is 16.7 Å². The van der Waals surface area contributed by atoms with Crippen LogP contribution in [0.3, 0.4) is 0 Å². The highest BCUT2D eigenvalue weighted by Crippen LogP contribution is 2.49. The summed E-state index contributed by atoms with van der Waals surface area (Å²) in [5.41, 5.74) is 0.122. The van der Waals surface area contributed by atoms with Gasteiger partial charge in [-0.25, -0.2) is 4.21 Å². The fraction of sp³-hybridized carbons (Fsp3) is 0.409. The summed E-state index contributed by atoms with van der Waals surface area (Å²) in [5.74, 6) is 2.15. The number of alkyl halides is 3. The highest BCUT2D eigenvalue weighted by molar-refractivity contribution is 7.83. The summed E-state index contributed by atoms with van der Waals surface area (Å²) in [7, 11) is -1.17. The lowest BCUT2D eigenvalue weighted by Crippen LogP contribution is -2.62. The van der Waals surface area contributed by atoms with Crippen LogP contribution in [0.1, 0.15) is 36.8 Å². The lowest BCUT2D eigenvalue weighted by molar-refractivity contribution is -0.137. The van der Waals surface area contributed by atoms with Crippen LogP contribution in [-0.2, 0) is 22.6 Å². The third kappa shape index (κ3) is 3.31. The number of piperidine rings is 2. The van der Waals surface area contributed by atoms with Gasteiger partial charge < -0.3 is 9.64 Å². The summed E-state index contributed by atoms with van der Waals surface area (Å²) in [4.78, 5) is 2.33. The molecule has 0 aromatic heterocycles. The second-order valence-electron chi connectivity index (χ2n) is 8.10. The highest BCUT2D eigenvalue weighted by Gasteiger charge is 2.51. The van der Waals surface area contributed by atoms with Crippen molar-refractivity contribution in [2.75, 3.05) is 12.3 Å². The van der Waals surface area contributed by atoms with Gasteiger partial charge >= 0.3 is 6.18 Å². The van der Waals surface area contributed by atoms with Crippen LogP contribution in [0.2, 0.25) is 0 Å². The summed E-state index contributed by atoms with van der Waals surface area (Å²) in [6, 6.07) is 12.9. The molecule has 0 radical (unpaired) electrons. The minimum Gasteiger partial charge on any atom is -0.457 e. The van der Waals surface area contributed by atoms with Crippen molar-refractivity contribution in [2.24, 2.45) is 4.40 Å². The Morgan fingerprint density at radius 1 is 1.07 bits per heavy atom. The molecular formula is C22H21F3N2O2S. The van der Waals surface area contributed by atoms with Crippen molar-refractivity contribution in [3.05, 3.63) is 59.7 Å². The molecule has 6 rings (SSSR count). The van der Waals surface area contributed by atoms with Gasteiger partial charge in [0.2, 0.25) is 0 Å². The van der Waals surface area contributed by atoms with E-state index >= 15 is 0 Å². The van der Waals surface area contributed by atoms with Crippen LogP contribution in [0.15, 0.2) is 52.9 Å². The Balaban J connectivity index is 1.42. The van der Waals surface area contributed by atoms with E-state index in [2.05, 4.69) is 9.30 Å². The summed E-state index contributed by atoms with van der Waals surface area (Å²) in [5, 5.41) is 0. The van der Waals surface area contributed by atoms with Crippen LogP contribution in [0.5, 0.6) is 11.5 Å². The summed E-state index contributed by atoms with van der Waals surface area (Å²) in [6.07, 6.45) is -0.284. The van der Waals surface area contributed by atoms with Gasteiger partial charge in [-0.05, 0) is 61.6 Å². The topological polar surface area (TPSA) is 41.9 Å². The number of halogens is 3. The molecule has 0 amide bonds. The maximum absolute atomic E-state index is 12.9. The Labute approximate surface area is 175 Å². The molecule has 4 nitrogen and oxygen atoms in total. The normalized spacial score (nSPS) is 28.1. The zero-order valence-electron chi connectivity index (χ0n) is 16.2. The van der Waals surface area contributed by atoms with E-state index in [1.54, 1.807) is 12.1 Å². The first-order valence-electron chi connectivity index (χ1n) is 10.1. The molecule has 2 saturated heterocycles. The van der Waals surface area contributed by atoms with Crippen molar-refractivity contribution < 1.29 is 22.1 Å². The molecule has 3 heterocycles. The van der Waals surface area contributed by atoms with Gasteiger partial charge in [0.25, 0.3) is 0 Å². The second-order valence-corrected chi connectivity index (χ2v) is 9.33. The zero-order chi connectivity index (χ0) is 20.9. The van der Waals surface area contributed by atoms with E-state index in [-0.39, 0.29) is 11.2 Å². The van der Waals surface area contributed by atoms with Gasteiger partial charge in [-0.1, -0.05) is 18.2 Å². The molecule has 3 fully saturated rings. The number of fused-ring (bicyclic) bond motifs is 2. The van der Waals surface area contributed by atoms with Gasteiger partial charge in [-0.15, -0.1) is 0 Å². The van der Waals surface area contributed by atoms with Crippen LogP contribution in [-0.4, -0.2) is 33.3 Å². The van der Waals surface area contributed by atoms with Crippen LogP contribution >= 0.6 is 0 Å². The quantitative estimate of drug-likeness (QED) is 0.677. The number of amidine groups is 1.